The van der Waals surface area contributed by atoms with Crippen molar-refractivity contribution in [3.05, 3.63) is 48.0 Å². The molecule has 1 aromatic rings. The fraction of sp³-hybridized carbons (Fsp3) is 0.640. The van der Waals surface area contributed by atoms with Gasteiger partial charge in [0.25, 0.3) is 0 Å². The average Bonchev–Trinajstić information content (AvgIpc) is 2.99. The van der Waals surface area contributed by atoms with Gasteiger partial charge >= 0.3 is 125 Å². The predicted octanol–water partition coefficient (Wildman–Crippen LogP) is 6.14. The first-order chi connectivity index (χ1) is 13.1. The van der Waals surface area contributed by atoms with E-state index < -0.39 is 29.1 Å². The Bertz CT molecular complexity index is 624. The molecule has 0 amide bonds. The molecule has 2 atom stereocenters. The molecule has 0 spiro atoms. The molecule has 1 saturated carbocycles. The van der Waals surface area contributed by atoms with Crippen LogP contribution >= 0.6 is 0 Å². The van der Waals surface area contributed by atoms with Crippen LogP contribution in [0.4, 0.5) is 0 Å². The Balaban J connectivity index is 0.000000653. The van der Waals surface area contributed by atoms with Crippen molar-refractivity contribution in [2.45, 2.75) is 91.3 Å². The van der Waals surface area contributed by atoms with Crippen LogP contribution in [0.3, 0.4) is 0 Å². The molecule has 4 heteroatoms. The number of benzene rings is 1. The molecule has 29 heavy (non-hydrogen) atoms. The van der Waals surface area contributed by atoms with E-state index in [1.807, 2.05) is 0 Å². The molecule has 166 valence electrons. The zero-order valence-corrected chi connectivity index (χ0v) is 21.7. The first kappa shape index (κ1) is 28.2. The quantitative estimate of drug-likeness (QED) is 0.354. The van der Waals surface area contributed by atoms with Gasteiger partial charge in [-0.05, 0) is 41.5 Å². The van der Waals surface area contributed by atoms with E-state index in [1.54, 1.807) is 41.5 Å². The van der Waals surface area contributed by atoms with E-state index in [4.69, 9.17) is 14.1 Å². The van der Waals surface area contributed by atoms with Crippen LogP contribution < -0.4 is 0 Å². The maximum atomic E-state index is 8.52. The van der Waals surface area contributed by atoms with Gasteiger partial charge in [-0.1, -0.05) is 0 Å². The Hall–Kier alpha value is -0.762. The van der Waals surface area contributed by atoms with E-state index in [-0.39, 0.29) is 5.41 Å². The van der Waals surface area contributed by atoms with Crippen molar-refractivity contribution in [2.75, 3.05) is 0 Å². The molecular weight excluding hydrogens is 442 g/mol. The minimum Gasteiger partial charge on any atom is -0.391 e. The largest absolute Gasteiger partial charge is 0.391 e. The van der Waals surface area contributed by atoms with Gasteiger partial charge in [0.1, 0.15) is 0 Å². The third-order valence-corrected chi connectivity index (χ3v) is 5.36. The van der Waals surface area contributed by atoms with Crippen molar-refractivity contribution in [1.29, 1.82) is 3.91 Å². The molecule has 3 N–H and O–H groups in total. The fourth-order valence-electron chi connectivity index (χ4n) is 2.79. The van der Waals surface area contributed by atoms with Crippen LogP contribution in [0.2, 0.25) is 0 Å². The summed E-state index contributed by atoms with van der Waals surface area (Å²) in [7, 11) is 0. The van der Waals surface area contributed by atoms with Crippen LogP contribution in [0.5, 0.6) is 0 Å². The number of nitrogens with one attached hydrogen (secondary N) is 1. The van der Waals surface area contributed by atoms with Gasteiger partial charge in [-0.3, -0.25) is 0 Å². The Labute approximate surface area is 187 Å². The average molecular weight is 486 g/mol. The van der Waals surface area contributed by atoms with Gasteiger partial charge in [-0.2, -0.15) is 0 Å². The minimum atomic E-state index is -0.551. The molecule has 0 aromatic heterocycles. The molecule has 0 bridgehead atoms. The van der Waals surface area contributed by atoms with Gasteiger partial charge in [-0.15, -0.1) is 0 Å². The summed E-state index contributed by atoms with van der Waals surface area (Å²) in [4.78, 5) is 0. The number of aliphatic hydroxyl groups is 2. The summed E-state index contributed by atoms with van der Waals surface area (Å²) in [6.45, 7) is 15.0. The van der Waals surface area contributed by atoms with Crippen molar-refractivity contribution in [1.82, 2.24) is 0 Å². The van der Waals surface area contributed by atoms with Gasteiger partial charge < -0.3 is 10.2 Å². The second kappa shape index (κ2) is 12.8. The Morgan fingerprint density at radius 2 is 1.31 bits per heavy atom. The van der Waals surface area contributed by atoms with Gasteiger partial charge in [-0.25, -0.2) is 0 Å². The maximum absolute atomic E-state index is 8.52. The Morgan fingerprint density at radius 3 is 1.76 bits per heavy atom. The first-order valence-electron chi connectivity index (χ1n) is 10.5. The molecule has 1 aliphatic rings. The monoisotopic (exact) mass is 487 g/mol. The van der Waals surface area contributed by atoms with Crippen molar-refractivity contribution in [2.24, 2.45) is 11.8 Å². The second-order valence-corrected chi connectivity index (χ2v) is 11.6. The summed E-state index contributed by atoms with van der Waals surface area (Å²) in [6.07, 6.45) is 8.67. The third kappa shape index (κ3) is 17.8. The molecule has 1 aliphatic carbocycles. The number of allylic oxidation sites excluding steroid dienone is 2. The van der Waals surface area contributed by atoms with E-state index in [0.29, 0.717) is 0 Å². The SMILES string of the molecule is CC(C)(/C=C\C1CCC([CH]=[Mo]=[NH])C1)c1ccccc1.CC(C)(C)O.CC(C)(C)O. The molecule has 0 radical (unpaired) electrons. The zero-order valence-electron chi connectivity index (χ0n) is 19.7. The van der Waals surface area contributed by atoms with Crippen LogP contribution in [-0.4, -0.2) is 25.8 Å². The number of rotatable bonds is 4. The van der Waals surface area contributed by atoms with Gasteiger partial charge in [0, 0.05) is 0 Å². The van der Waals surface area contributed by atoms with E-state index in [1.165, 1.54) is 24.8 Å². The van der Waals surface area contributed by atoms with Crippen molar-refractivity contribution in [3.63, 3.8) is 0 Å². The van der Waals surface area contributed by atoms with Gasteiger partial charge in [0.2, 0.25) is 0 Å². The third-order valence-electron chi connectivity index (χ3n) is 4.08. The summed E-state index contributed by atoms with van der Waals surface area (Å²) in [5.41, 5.74) is 0.498. The topological polar surface area (TPSA) is 64.3 Å². The Morgan fingerprint density at radius 1 is 0.862 bits per heavy atom. The van der Waals surface area contributed by atoms with Crippen molar-refractivity contribution < 1.29 is 28.1 Å². The minimum absolute atomic E-state index is 0.118. The number of hydrogen-bond acceptors (Lipinski definition) is 3. The van der Waals surface area contributed by atoms with Gasteiger partial charge in [0.05, 0.1) is 11.2 Å². The second-order valence-electron chi connectivity index (χ2n) is 10.4. The molecule has 1 aromatic carbocycles. The summed E-state index contributed by atoms with van der Waals surface area (Å²) in [5.74, 6) is 1.46. The van der Waals surface area contributed by atoms with E-state index in [0.717, 1.165) is 11.8 Å². The fourth-order valence-corrected chi connectivity index (χ4v) is 3.87. The molecule has 2 unspecified atom stereocenters. The smallest absolute Gasteiger partial charge is 0.0563 e. The van der Waals surface area contributed by atoms with E-state index >= 15 is 0 Å². The molecule has 0 aliphatic heterocycles. The predicted molar refractivity (Wildman–Crippen MR) is 122 cm³/mol. The van der Waals surface area contributed by atoms with E-state index in [2.05, 4.69) is 60.7 Å². The van der Waals surface area contributed by atoms with Crippen LogP contribution in [0, 0.1) is 15.7 Å². The van der Waals surface area contributed by atoms with Crippen molar-refractivity contribution in [3.8, 4) is 0 Å². The summed E-state index contributed by atoms with van der Waals surface area (Å²) in [5, 5.41) is 17.0. The summed E-state index contributed by atoms with van der Waals surface area (Å²) >= 11 is -0.551. The number of hydrogen-bond donors (Lipinski definition) is 3. The van der Waals surface area contributed by atoms with Crippen molar-refractivity contribution >= 4 is 4.40 Å². The molecular formula is C25H43MoNO2. The molecule has 2 rings (SSSR count). The van der Waals surface area contributed by atoms with Crippen LogP contribution in [0.15, 0.2) is 42.5 Å². The van der Waals surface area contributed by atoms with Crippen LogP contribution in [0.25, 0.3) is 0 Å². The molecule has 0 saturated heterocycles. The summed E-state index contributed by atoms with van der Waals surface area (Å²) < 4.78 is 9.70. The zero-order chi connectivity index (χ0) is 22.7. The summed E-state index contributed by atoms with van der Waals surface area (Å²) in [6, 6.07) is 10.7. The normalized spacial score (nSPS) is 19.7. The van der Waals surface area contributed by atoms with Crippen LogP contribution in [-0.2, 0) is 23.3 Å². The maximum Gasteiger partial charge on any atom is 0.0563 e. The standard InChI is InChI=1S/C17H22.2C4H10O.Mo.HN/c1-14-9-10-15(13-14)11-12-17(2,3)16-7-5-4-6-8-16;2*1-4(2,3)5;;/h1,4-8,11-12,14-15H,9-10,13H2,2-3H3;2*5H,1-3H3;;1H/b12-11-;;;;. The molecule has 0 heterocycles. The first-order valence-corrected chi connectivity index (χ1v) is 12.6. The Kier molecular flexibility index (Phi) is 12.5. The molecule has 1 fully saturated rings. The van der Waals surface area contributed by atoms with Crippen LogP contribution in [0.1, 0.15) is 80.2 Å². The van der Waals surface area contributed by atoms with Gasteiger partial charge in [0.15, 0.2) is 0 Å². The van der Waals surface area contributed by atoms with E-state index in [9.17, 15) is 0 Å². The molecule has 3 nitrogen and oxygen atoms in total.